The van der Waals surface area contributed by atoms with Gasteiger partial charge in [0, 0.05) is 17.2 Å². The number of carbonyl (C=O) groups is 1. The lowest BCUT2D eigenvalue weighted by molar-refractivity contribution is -0.153. The summed E-state index contributed by atoms with van der Waals surface area (Å²) in [5, 5.41) is 20.0. The van der Waals surface area contributed by atoms with E-state index in [0.29, 0.717) is 22.7 Å². The molecule has 1 aliphatic rings. The first-order chi connectivity index (χ1) is 18.2. The van der Waals surface area contributed by atoms with Gasteiger partial charge in [0.2, 0.25) is 5.91 Å². The Morgan fingerprint density at radius 3 is 2.63 bits per heavy atom. The highest BCUT2D eigenvalue weighted by Crippen LogP contribution is 2.42. The fraction of sp³-hybridized carbons (Fsp3) is 0.154. The minimum atomic E-state index is -4.63. The molecule has 38 heavy (non-hydrogen) atoms. The first kappa shape index (κ1) is 25.1. The van der Waals surface area contributed by atoms with E-state index in [2.05, 4.69) is 20.6 Å². The van der Waals surface area contributed by atoms with Gasteiger partial charge in [-0.1, -0.05) is 35.5 Å². The van der Waals surface area contributed by atoms with Gasteiger partial charge in [-0.15, -0.1) is 5.10 Å². The number of aliphatic hydroxyl groups excluding tert-OH is 1. The fourth-order valence-corrected chi connectivity index (χ4v) is 4.03. The summed E-state index contributed by atoms with van der Waals surface area (Å²) in [6.45, 7) is -1.89. The summed E-state index contributed by atoms with van der Waals surface area (Å²) in [6.07, 6.45) is -3.36. The number of aliphatic imine (C=N–C) groups is 1. The van der Waals surface area contributed by atoms with Crippen LogP contribution >= 0.6 is 0 Å². The molecule has 0 saturated heterocycles. The Morgan fingerprint density at radius 2 is 1.87 bits per heavy atom. The number of nitrogens with zero attached hydrogens (tertiary/aromatic N) is 4. The molecule has 0 fully saturated rings. The molecule has 0 atom stereocenters. The monoisotopic (exact) mass is 525 g/mol. The third-order valence-corrected chi connectivity index (χ3v) is 5.72. The maximum Gasteiger partial charge on any atom is 0.422 e. The number of amides is 1. The molecule has 194 valence electrons. The van der Waals surface area contributed by atoms with Crippen molar-refractivity contribution >= 4 is 23.0 Å². The van der Waals surface area contributed by atoms with Crippen LogP contribution in [0.3, 0.4) is 0 Å². The number of anilines is 1. The number of benzene rings is 3. The van der Waals surface area contributed by atoms with Crippen LogP contribution < -0.4 is 10.1 Å². The first-order valence-electron chi connectivity index (χ1n) is 11.3. The quantitative estimate of drug-likeness (QED) is 0.346. The third kappa shape index (κ3) is 5.25. The van der Waals surface area contributed by atoms with Crippen molar-refractivity contribution in [2.24, 2.45) is 4.99 Å². The van der Waals surface area contributed by atoms with E-state index in [9.17, 15) is 27.5 Å². The van der Waals surface area contributed by atoms with E-state index in [1.807, 2.05) is 0 Å². The summed E-state index contributed by atoms with van der Waals surface area (Å²) < 4.78 is 60.1. The number of alkyl halides is 3. The Hall–Kier alpha value is -4.58. The van der Waals surface area contributed by atoms with Gasteiger partial charge in [0.15, 0.2) is 6.61 Å². The highest BCUT2D eigenvalue weighted by molar-refractivity contribution is 6.17. The van der Waals surface area contributed by atoms with Crippen molar-refractivity contribution < 1.29 is 32.2 Å². The molecule has 1 aliphatic heterocycles. The molecule has 1 aromatic heterocycles. The molecule has 0 spiro atoms. The molecule has 5 rings (SSSR count). The molecule has 2 N–H and O–H groups in total. The fourth-order valence-electron chi connectivity index (χ4n) is 4.03. The van der Waals surface area contributed by atoms with Crippen LogP contribution in [0.1, 0.15) is 17.7 Å². The Balaban J connectivity index is 1.61. The number of fused-ring (bicyclic) bond motifs is 1. The topological polar surface area (TPSA) is 102 Å². The summed E-state index contributed by atoms with van der Waals surface area (Å²) >= 11 is 0. The van der Waals surface area contributed by atoms with Crippen molar-refractivity contribution in [2.75, 3.05) is 11.9 Å². The van der Waals surface area contributed by atoms with Crippen LogP contribution in [0.15, 0.2) is 71.9 Å². The summed E-state index contributed by atoms with van der Waals surface area (Å²) in [5.41, 5.74) is 2.25. The van der Waals surface area contributed by atoms with Crippen molar-refractivity contribution in [3.63, 3.8) is 0 Å². The van der Waals surface area contributed by atoms with Crippen LogP contribution in [-0.4, -0.2) is 44.5 Å². The van der Waals surface area contributed by atoms with Crippen molar-refractivity contribution in [1.29, 1.82) is 0 Å². The number of hydrogen-bond acceptors (Lipinski definition) is 6. The highest BCUT2D eigenvalue weighted by Gasteiger charge is 2.30. The lowest BCUT2D eigenvalue weighted by Crippen LogP contribution is -2.19. The van der Waals surface area contributed by atoms with Gasteiger partial charge in [0.25, 0.3) is 0 Å². The SMILES string of the molecule is O=C1CC(c2cccc(-n3nncc3CO)c2)=Nc2cc(OCC(F)(F)F)c(-c3ccccc3F)cc2N1. The van der Waals surface area contributed by atoms with Gasteiger partial charge in [-0.2, -0.15) is 13.2 Å². The maximum absolute atomic E-state index is 14.6. The minimum Gasteiger partial charge on any atom is -0.483 e. The van der Waals surface area contributed by atoms with Crippen molar-refractivity contribution in [1.82, 2.24) is 15.0 Å². The van der Waals surface area contributed by atoms with Crippen LogP contribution in [0.4, 0.5) is 28.9 Å². The molecule has 0 bridgehead atoms. The molecule has 8 nitrogen and oxygen atoms in total. The third-order valence-electron chi connectivity index (χ3n) is 5.72. The molecule has 1 amide bonds. The Bertz CT molecular complexity index is 1550. The molecule has 0 radical (unpaired) electrons. The minimum absolute atomic E-state index is 0.00962. The predicted octanol–water partition coefficient (Wildman–Crippen LogP) is 4.97. The second-order valence-corrected chi connectivity index (χ2v) is 8.38. The van der Waals surface area contributed by atoms with Gasteiger partial charge in [-0.05, 0) is 29.8 Å². The standard InChI is InChI=1S/C26H19F4N5O3/c27-20-7-2-1-6-18(20)19-9-22-23(10-24(19)38-14-26(28,29)30)32-21(11-25(37)33-22)15-4-3-5-16(8-15)35-17(13-36)12-31-34-35/h1-10,12,36H,11,13-14H2,(H,33,37). The lowest BCUT2D eigenvalue weighted by Gasteiger charge is -2.16. The van der Waals surface area contributed by atoms with Crippen molar-refractivity contribution in [3.8, 4) is 22.6 Å². The summed E-state index contributed by atoms with van der Waals surface area (Å²) in [6, 6.07) is 15.0. The average molecular weight is 525 g/mol. The molecular weight excluding hydrogens is 506 g/mol. The number of carbonyl (C=O) groups excluding carboxylic acids is 1. The number of aliphatic hydroxyl groups is 1. The number of nitrogens with one attached hydrogen (secondary N) is 1. The van der Waals surface area contributed by atoms with E-state index in [4.69, 9.17) is 4.74 Å². The van der Waals surface area contributed by atoms with Crippen LogP contribution in [-0.2, 0) is 11.4 Å². The molecule has 12 heteroatoms. The van der Waals surface area contributed by atoms with Gasteiger partial charge in [0.1, 0.15) is 11.6 Å². The molecule has 0 aliphatic carbocycles. The average Bonchev–Trinajstić information content (AvgIpc) is 3.30. The van der Waals surface area contributed by atoms with Crippen LogP contribution in [0, 0.1) is 5.82 Å². The first-order valence-corrected chi connectivity index (χ1v) is 11.3. The zero-order valence-electron chi connectivity index (χ0n) is 19.5. The predicted molar refractivity (Wildman–Crippen MR) is 130 cm³/mol. The van der Waals surface area contributed by atoms with Gasteiger partial charge in [-0.25, -0.2) is 14.1 Å². The van der Waals surface area contributed by atoms with Crippen LogP contribution in [0.2, 0.25) is 0 Å². The van der Waals surface area contributed by atoms with Crippen molar-refractivity contribution in [2.45, 2.75) is 19.2 Å². The molecular formula is C26H19F4N5O3. The van der Waals surface area contributed by atoms with E-state index < -0.39 is 24.5 Å². The summed E-state index contributed by atoms with van der Waals surface area (Å²) in [7, 11) is 0. The van der Waals surface area contributed by atoms with Crippen molar-refractivity contribution in [3.05, 3.63) is 83.9 Å². The number of hydrogen-bond donors (Lipinski definition) is 2. The molecule has 0 unspecified atom stereocenters. The normalized spacial score (nSPS) is 13.4. The largest absolute Gasteiger partial charge is 0.483 e. The molecule has 2 heterocycles. The summed E-state index contributed by atoms with van der Waals surface area (Å²) in [5.74, 6) is -1.33. The van der Waals surface area contributed by atoms with E-state index in [-0.39, 0.29) is 41.3 Å². The second-order valence-electron chi connectivity index (χ2n) is 8.38. The molecule has 4 aromatic rings. The number of aromatic nitrogens is 3. The Kier molecular flexibility index (Phi) is 6.64. The van der Waals surface area contributed by atoms with E-state index in [0.717, 1.165) is 0 Å². The van der Waals surface area contributed by atoms with Gasteiger partial charge in [-0.3, -0.25) is 4.79 Å². The van der Waals surface area contributed by atoms with Crippen LogP contribution in [0.25, 0.3) is 16.8 Å². The Labute approximate surface area is 213 Å². The molecule has 0 saturated carbocycles. The zero-order valence-corrected chi connectivity index (χ0v) is 19.5. The van der Waals surface area contributed by atoms with Crippen LogP contribution in [0.5, 0.6) is 5.75 Å². The van der Waals surface area contributed by atoms with Gasteiger partial charge < -0.3 is 15.2 Å². The summed E-state index contributed by atoms with van der Waals surface area (Å²) in [4.78, 5) is 17.4. The van der Waals surface area contributed by atoms with E-state index in [1.54, 1.807) is 24.3 Å². The second kappa shape index (κ2) is 10.1. The molecule has 3 aromatic carbocycles. The number of rotatable bonds is 6. The highest BCUT2D eigenvalue weighted by atomic mass is 19.4. The van der Waals surface area contributed by atoms with Gasteiger partial charge in [0.05, 0.1) is 47.7 Å². The lowest BCUT2D eigenvalue weighted by atomic mass is 10.0. The zero-order chi connectivity index (χ0) is 26.9. The van der Waals surface area contributed by atoms with E-state index >= 15 is 0 Å². The number of halogens is 4. The number of ether oxygens (including phenoxy) is 1. The van der Waals surface area contributed by atoms with E-state index in [1.165, 1.54) is 47.3 Å². The Morgan fingerprint density at radius 1 is 1.05 bits per heavy atom. The van der Waals surface area contributed by atoms with Gasteiger partial charge >= 0.3 is 6.18 Å². The maximum atomic E-state index is 14.6. The smallest absolute Gasteiger partial charge is 0.422 e.